The van der Waals surface area contributed by atoms with E-state index >= 15 is 0 Å². The number of rotatable bonds is 5. The van der Waals surface area contributed by atoms with Crippen molar-refractivity contribution in [3.63, 3.8) is 0 Å². The normalized spacial score (nSPS) is 21.1. The van der Waals surface area contributed by atoms with Crippen LogP contribution in [0.1, 0.15) is 31.2 Å². The van der Waals surface area contributed by atoms with Crippen molar-refractivity contribution in [1.29, 1.82) is 0 Å². The summed E-state index contributed by atoms with van der Waals surface area (Å²) in [5, 5.41) is 25.4. The second-order valence-corrected chi connectivity index (χ2v) is 5.65. The van der Waals surface area contributed by atoms with E-state index in [1.807, 2.05) is 0 Å². The number of amides is 2. The van der Waals surface area contributed by atoms with Gasteiger partial charge in [0.2, 0.25) is 0 Å². The van der Waals surface area contributed by atoms with Crippen molar-refractivity contribution in [1.82, 2.24) is 10.6 Å². The van der Waals surface area contributed by atoms with Gasteiger partial charge in [-0.25, -0.2) is 4.79 Å². The first-order valence-electron chi connectivity index (χ1n) is 7.47. The van der Waals surface area contributed by atoms with Gasteiger partial charge in [-0.05, 0) is 37.2 Å². The largest absolute Gasteiger partial charge is 0.396 e. The average molecular weight is 307 g/mol. The fraction of sp³-hybridized carbons (Fsp3) is 0.533. The van der Waals surface area contributed by atoms with Crippen molar-refractivity contribution in [3.8, 4) is 0 Å². The molecule has 0 heterocycles. The molecule has 7 heteroatoms. The summed E-state index contributed by atoms with van der Waals surface area (Å²) >= 11 is 0. The lowest BCUT2D eigenvalue weighted by atomic mass is 9.87. The zero-order chi connectivity index (χ0) is 15.9. The zero-order valence-corrected chi connectivity index (χ0v) is 12.3. The van der Waals surface area contributed by atoms with E-state index < -0.39 is 4.92 Å². The first kappa shape index (κ1) is 16.2. The van der Waals surface area contributed by atoms with E-state index in [1.165, 1.54) is 12.1 Å². The van der Waals surface area contributed by atoms with Crippen LogP contribution in [0, 0.1) is 16.0 Å². The minimum atomic E-state index is -0.455. The van der Waals surface area contributed by atoms with Crippen LogP contribution in [0.3, 0.4) is 0 Å². The molecule has 3 N–H and O–H groups in total. The fourth-order valence-electron chi connectivity index (χ4n) is 2.69. The van der Waals surface area contributed by atoms with Crippen molar-refractivity contribution < 1.29 is 14.8 Å². The highest BCUT2D eigenvalue weighted by Crippen LogP contribution is 2.23. The molecule has 1 aliphatic rings. The van der Waals surface area contributed by atoms with Gasteiger partial charge >= 0.3 is 6.03 Å². The van der Waals surface area contributed by atoms with Crippen LogP contribution in [0.15, 0.2) is 24.3 Å². The lowest BCUT2D eigenvalue weighted by Crippen LogP contribution is -2.43. The predicted molar refractivity (Wildman–Crippen MR) is 81.3 cm³/mol. The first-order valence-corrected chi connectivity index (χ1v) is 7.47. The molecule has 1 saturated carbocycles. The number of benzene rings is 1. The summed E-state index contributed by atoms with van der Waals surface area (Å²) in [5.41, 5.74) is 0.704. The Morgan fingerprint density at radius 1 is 1.32 bits per heavy atom. The summed E-state index contributed by atoms with van der Waals surface area (Å²) in [4.78, 5) is 22.1. The Morgan fingerprint density at radius 2 is 2.05 bits per heavy atom. The highest BCUT2D eigenvalue weighted by atomic mass is 16.6. The van der Waals surface area contributed by atoms with E-state index in [-0.39, 0.29) is 30.9 Å². The molecule has 0 aromatic heterocycles. The Bertz CT molecular complexity index is 527. The molecule has 0 unspecified atom stereocenters. The van der Waals surface area contributed by atoms with Gasteiger partial charge < -0.3 is 15.7 Å². The fourth-order valence-corrected chi connectivity index (χ4v) is 2.69. The molecule has 0 spiro atoms. The number of nitro groups is 1. The number of aliphatic hydroxyl groups is 1. The second kappa shape index (κ2) is 7.74. The summed E-state index contributed by atoms with van der Waals surface area (Å²) in [6.07, 6.45) is 3.59. The zero-order valence-electron chi connectivity index (χ0n) is 12.3. The van der Waals surface area contributed by atoms with Crippen LogP contribution in [0.5, 0.6) is 0 Å². The summed E-state index contributed by atoms with van der Waals surface area (Å²) < 4.78 is 0. The third-order valence-corrected chi connectivity index (χ3v) is 4.01. The van der Waals surface area contributed by atoms with Crippen LogP contribution < -0.4 is 10.6 Å². The summed E-state index contributed by atoms with van der Waals surface area (Å²) in [6.45, 7) is 0.463. The van der Waals surface area contributed by atoms with Gasteiger partial charge in [-0.15, -0.1) is 0 Å². The molecule has 7 nitrogen and oxygen atoms in total. The van der Waals surface area contributed by atoms with Gasteiger partial charge in [-0.3, -0.25) is 10.1 Å². The number of aliphatic hydroxyl groups excluding tert-OH is 1. The van der Waals surface area contributed by atoms with Gasteiger partial charge in [0.25, 0.3) is 5.69 Å². The summed E-state index contributed by atoms with van der Waals surface area (Å²) in [7, 11) is 0. The lowest BCUT2D eigenvalue weighted by Gasteiger charge is -2.27. The quantitative estimate of drug-likeness (QED) is 0.571. The molecule has 0 atom stereocenters. The summed E-state index contributed by atoms with van der Waals surface area (Å²) in [6, 6.07) is 6.07. The monoisotopic (exact) mass is 307 g/mol. The van der Waals surface area contributed by atoms with Crippen LogP contribution in [0.2, 0.25) is 0 Å². The molecule has 1 aromatic rings. The van der Waals surface area contributed by atoms with Crippen LogP contribution in [0.4, 0.5) is 10.5 Å². The van der Waals surface area contributed by atoms with E-state index in [2.05, 4.69) is 10.6 Å². The van der Waals surface area contributed by atoms with Crippen molar-refractivity contribution in [2.45, 2.75) is 38.3 Å². The SMILES string of the molecule is O=C(NCc1cccc([N+](=O)[O-])c1)NC1CCC(CO)CC1. The molecule has 1 fully saturated rings. The number of carbonyl (C=O) groups is 1. The van der Waals surface area contributed by atoms with E-state index in [0.717, 1.165) is 25.7 Å². The molecule has 2 rings (SSSR count). The van der Waals surface area contributed by atoms with E-state index in [9.17, 15) is 14.9 Å². The molecule has 0 aliphatic heterocycles. The number of nitrogens with one attached hydrogen (secondary N) is 2. The Kier molecular flexibility index (Phi) is 5.71. The van der Waals surface area contributed by atoms with Crippen LogP contribution >= 0.6 is 0 Å². The van der Waals surface area contributed by atoms with Gasteiger partial charge in [-0.2, -0.15) is 0 Å². The molecule has 0 radical (unpaired) electrons. The maximum atomic E-state index is 11.8. The van der Waals surface area contributed by atoms with Gasteiger partial charge in [-0.1, -0.05) is 12.1 Å². The van der Waals surface area contributed by atoms with Crippen LogP contribution in [-0.4, -0.2) is 28.7 Å². The van der Waals surface area contributed by atoms with Crippen molar-refractivity contribution in [2.75, 3.05) is 6.61 Å². The molecule has 1 aromatic carbocycles. The summed E-state index contributed by atoms with van der Waals surface area (Å²) in [5.74, 6) is 0.353. The lowest BCUT2D eigenvalue weighted by molar-refractivity contribution is -0.384. The Hall–Kier alpha value is -2.15. The number of non-ortho nitro benzene ring substituents is 1. The smallest absolute Gasteiger partial charge is 0.315 e. The number of nitrogens with zero attached hydrogens (tertiary/aromatic N) is 1. The topological polar surface area (TPSA) is 104 Å². The predicted octanol–water partition coefficient (Wildman–Crippen LogP) is 1.95. The second-order valence-electron chi connectivity index (χ2n) is 5.65. The van der Waals surface area contributed by atoms with Gasteiger partial charge in [0, 0.05) is 31.3 Å². The minimum absolute atomic E-state index is 0.0158. The van der Waals surface area contributed by atoms with Crippen molar-refractivity contribution >= 4 is 11.7 Å². The Labute approximate surface area is 128 Å². The number of hydrogen-bond acceptors (Lipinski definition) is 4. The van der Waals surface area contributed by atoms with Crippen molar-refractivity contribution in [2.24, 2.45) is 5.92 Å². The van der Waals surface area contributed by atoms with E-state index in [0.29, 0.717) is 11.5 Å². The number of hydrogen-bond donors (Lipinski definition) is 3. The number of carbonyl (C=O) groups excluding carboxylic acids is 1. The molecular weight excluding hydrogens is 286 g/mol. The number of urea groups is 1. The number of nitro benzene ring substituents is 1. The first-order chi connectivity index (χ1) is 10.6. The minimum Gasteiger partial charge on any atom is -0.396 e. The van der Waals surface area contributed by atoms with E-state index in [1.54, 1.807) is 12.1 Å². The van der Waals surface area contributed by atoms with Crippen LogP contribution in [0.25, 0.3) is 0 Å². The highest BCUT2D eigenvalue weighted by Gasteiger charge is 2.21. The van der Waals surface area contributed by atoms with Gasteiger partial charge in [0.05, 0.1) is 4.92 Å². The third kappa shape index (κ3) is 4.70. The molecule has 1 aliphatic carbocycles. The van der Waals surface area contributed by atoms with E-state index in [4.69, 9.17) is 5.11 Å². The molecule has 22 heavy (non-hydrogen) atoms. The maximum Gasteiger partial charge on any atom is 0.315 e. The Balaban J connectivity index is 1.76. The third-order valence-electron chi connectivity index (χ3n) is 4.01. The van der Waals surface area contributed by atoms with Gasteiger partial charge in [0.15, 0.2) is 0 Å². The van der Waals surface area contributed by atoms with Crippen molar-refractivity contribution in [3.05, 3.63) is 39.9 Å². The average Bonchev–Trinajstić information content (AvgIpc) is 2.54. The molecule has 2 amide bonds. The molecule has 0 saturated heterocycles. The molecular formula is C15H21N3O4. The molecule has 0 bridgehead atoms. The highest BCUT2D eigenvalue weighted by molar-refractivity contribution is 5.74. The maximum absolute atomic E-state index is 11.8. The Morgan fingerprint density at radius 3 is 2.68 bits per heavy atom. The van der Waals surface area contributed by atoms with Crippen LogP contribution in [-0.2, 0) is 6.54 Å². The van der Waals surface area contributed by atoms with Gasteiger partial charge in [0.1, 0.15) is 0 Å². The molecule has 120 valence electrons. The standard InChI is InChI=1S/C15H21N3O4/c19-10-11-4-6-13(7-5-11)17-15(20)16-9-12-2-1-3-14(8-12)18(21)22/h1-3,8,11,13,19H,4-7,9-10H2,(H2,16,17,20).